The van der Waals surface area contributed by atoms with Crippen molar-refractivity contribution in [2.45, 2.75) is 18.0 Å². The smallest absolute Gasteiger partial charge is 0.264 e. The van der Waals surface area contributed by atoms with E-state index in [9.17, 15) is 17.6 Å². The Morgan fingerprint density at radius 3 is 2.34 bits per heavy atom. The Balaban J connectivity index is 1.44. The number of halogens is 1. The van der Waals surface area contributed by atoms with Gasteiger partial charge in [-0.2, -0.15) is 0 Å². The molecule has 1 N–H and O–H groups in total. The van der Waals surface area contributed by atoms with Crippen LogP contribution < -0.4 is 9.62 Å². The van der Waals surface area contributed by atoms with Crippen LogP contribution >= 0.6 is 0 Å². The summed E-state index contributed by atoms with van der Waals surface area (Å²) in [5.41, 5.74) is 2.42. The molecule has 3 aromatic carbocycles. The Labute approximate surface area is 205 Å². The van der Waals surface area contributed by atoms with Gasteiger partial charge in [-0.15, -0.1) is 0 Å². The van der Waals surface area contributed by atoms with Crippen molar-refractivity contribution in [1.82, 2.24) is 10.2 Å². The highest BCUT2D eigenvalue weighted by molar-refractivity contribution is 7.92. The van der Waals surface area contributed by atoms with Gasteiger partial charge >= 0.3 is 0 Å². The molecule has 0 spiro atoms. The predicted octanol–water partition coefficient (Wildman–Crippen LogP) is 3.17. The molecule has 0 saturated carbocycles. The fourth-order valence-corrected chi connectivity index (χ4v) is 5.31. The lowest BCUT2D eigenvalue weighted by Crippen LogP contribution is -2.40. The normalized spacial score (nSPS) is 14.4. The van der Waals surface area contributed by atoms with Crippen LogP contribution in [0.25, 0.3) is 0 Å². The molecule has 1 amide bonds. The molecule has 1 aliphatic heterocycles. The fourth-order valence-electron chi connectivity index (χ4n) is 3.89. The third-order valence-corrected chi connectivity index (χ3v) is 7.51. The zero-order chi connectivity index (χ0) is 24.7. The molecule has 1 heterocycles. The molecule has 1 aliphatic rings. The number of carbonyl (C=O) groups is 1. The molecule has 1 saturated heterocycles. The third kappa shape index (κ3) is 6.66. The average molecular weight is 498 g/mol. The number of nitrogens with one attached hydrogen (secondary N) is 1. The highest BCUT2D eigenvalue weighted by Crippen LogP contribution is 2.23. The lowest BCUT2D eigenvalue weighted by Gasteiger charge is -2.26. The Kier molecular flexibility index (Phi) is 8.12. The summed E-state index contributed by atoms with van der Waals surface area (Å²) in [5.74, 6) is -0.984. The van der Waals surface area contributed by atoms with Crippen molar-refractivity contribution in [2.75, 3.05) is 37.2 Å². The maximum absolute atomic E-state index is 13.3. The maximum atomic E-state index is 13.3. The van der Waals surface area contributed by atoms with Crippen LogP contribution in [0.3, 0.4) is 0 Å². The highest BCUT2D eigenvalue weighted by atomic mass is 32.2. The van der Waals surface area contributed by atoms with Crippen molar-refractivity contribution in [3.8, 4) is 0 Å². The van der Waals surface area contributed by atoms with Crippen molar-refractivity contribution in [3.05, 3.63) is 95.8 Å². The van der Waals surface area contributed by atoms with E-state index in [4.69, 9.17) is 4.74 Å². The maximum Gasteiger partial charge on any atom is 0.264 e. The second-order valence-electron chi connectivity index (χ2n) is 8.29. The number of hydrogen-bond donors (Lipinski definition) is 1. The first-order valence-electron chi connectivity index (χ1n) is 11.4. The zero-order valence-electron chi connectivity index (χ0n) is 19.3. The van der Waals surface area contributed by atoms with E-state index < -0.39 is 28.3 Å². The molecule has 1 fully saturated rings. The molecule has 0 aromatic heterocycles. The summed E-state index contributed by atoms with van der Waals surface area (Å²) in [6, 6.07) is 20.9. The van der Waals surface area contributed by atoms with E-state index in [1.807, 2.05) is 24.3 Å². The summed E-state index contributed by atoms with van der Waals surface area (Å²) >= 11 is 0. The summed E-state index contributed by atoms with van der Waals surface area (Å²) in [4.78, 5) is 15.1. The van der Waals surface area contributed by atoms with Gasteiger partial charge in [0, 0.05) is 26.2 Å². The van der Waals surface area contributed by atoms with Crippen LogP contribution in [0, 0.1) is 5.82 Å². The lowest BCUT2D eigenvalue weighted by molar-refractivity contribution is -0.119. The van der Waals surface area contributed by atoms with E-state index in [0.717, 1.165) is 60.4 Å². The number of morpholine rings is 1. The summed E-state index contributed by atoms with van der Waals surface area (Å²) in [6.07, 6.45) is 0. The van der Waals surface area contributed by atoms with Gasteiger partial charge in [-0.05, 0) is 47.5 Å². The number of carbonyl (C=O) groups excluding carboxylic acids is 1. The van der Waals surface area contributed by atoms with Crippen molar-refractivity contribution in [2.24, 2.45) is 0 Å². The second-order valence-corrected chi connectivity index (χ2v) is 10.1. The Bertz CT molecular complexity index is 1230. The molecule has 0 radical (unpaired) electrons. The molecule has 0 unspecified atom stereocenters. The first kappa shape index (κ1) is 24.8. The van der Waals surface area contributed by atoms with Gasteiger partial charge in [0.1, 0.15) is 12.4 Å². The van der Waals surface area contributed by atoms with E-state index in [1.165, 1.54) is 12.1 Å². The van der Waals surface area contributed by atoms with Crippen LogP contribution in [0.1, 0.15) is 11.1 Å². The number of benzene rings is 3. The van der Waals surface area contributed by atoms with E-state index >= 15 is 0 Å². The summed E-state index contributed by atoms with van der Waals surface area (Å²) < 4.78 is 46.4. The minimum atomic E-state index is -4.08. The molecular formula is C26H28FN3O4S. The summed E-state index contributed by atoms with van der Waals surface area (Å²) in [7, 11) is -4.08. The number of amides is 1. The summed E-state index contributed by atoms with van der Waals surface area (Å²) in [6.45, 7) is 3.91. The number of sulfonamides is 1. The molecule has 0 bridgehead atoms. The monoisotopic (exact) mass is 497 g/mol. The van der Waals surface area contributed by atoms with Crippen LogP contribution in [0.4, 0.5) is 10.1 Å². The number of hydrogen-bond acceptors (Lipinski definition) is 5. The first-order chi connectivity index (χ1) is 16.9. The summed E-state index contributed by atoms with van der Waals surface area (Å²) in [5, 5.41) is 2.82. The second kappa shape index (κ2) is 11.4. The van der Waals surface area contributed by atoms with Gasteiger partial charge < -0.3 is 10.1 Å². The van der Waals surface area contributed by atoms with Crippen molar-refractivity contribution >= 4 is 21.6 Å². The molecule has 4 rings (SSSR count). The topological polar surface area (TPSA) is 79.0 Å². The zero-order valence-corrected chi connectivity index (χ0v) is 20.1. The van der Waals surface area contributed by atoms with Crippen molar-refractivity contribution in [1.29, 1.82) is 0 Å². The largest absolute Gasteiger partial charge is 0.379 e. The van der Waals surface area contributed by atoms with Gasteiger partial charge in [-0.1, -0.05) is 42.5 Å². The van der Waals surface area contributed by atoms with Gasteiger partial charge in [0.2, 0.25) is 5.91 Å². The molecule has 0 aliphatic carbocycles. The predicted molar refractivity (Wildman–Crippen MR) is 132 cm³/mol. The Morgan fingerprint density at radius 1 is 0.943 bits per heavy atom. The SMILES string of the molecule is O=C(CN(c1ccccc1)S(=O)(=O)c1ccc(F)cc1)NCc1cccc(CN2CCOCC2)c1. The minimum Gasteiger partial charge on any atom is -0.379 e. The van der Waals surface area contributed by atoms with Gasteiger partial charge in [-0.3, -0.25) is 14.0 Å². The third-order valence-electron chi connectivity index (χ3n) is 5.72. The Morgan fingerprint density at radius 2 is 1.63 bits per heavy atom. The molecule has 0 atom stereocenters. The highest BCUT2D eigenvalue weighted by Gasteiger charge is 2.27. The molecule has 35 heavy (non-hydrogen) atoms. The van der Waals surface area contributed by atoms with Crippen LogP contribution in [-0.4, -0.2) is 52.1 Å². The number of nitrogens with zero attached hydrogens (tertiary/aromatic N) is 2. The minimum absolute atomic E-state index is 0.0913. The van der Waals surface area contributed by atoms with Crippen LogP contribution in [0.2, 0.25) is 0 Å². The van der Waals surface area contributed by atoms with E-state index in [-0.39, 0.29) is 11.4 Å². The molecule has 3 aromatic rings. The van der Waals surface area contributed by atoms with Crippen molar-refractivity contribution in [3.63, 3.8) is 0 Å². The standard InChI is InChI=1S/C26H28FN3O4S/c27-23-9-11-25(12-10-23)35(32,33)30(24-7-2-1-3-8-24)20-26(31)28-18-21-5-4-6-22(17-21)19-29-13-15-34-16-14-29/h1-12,17H,13-16,18-20H2,(H,28,31). The number of anilines is 1. The van der Waals surface area contributed by atoms with Gasteiger partial charge in [0.25, 0.3) is 10.0 Å². The van der Waals surface area contributed by atoms with Crippen LogP contribution in [-0.2, 0) is 32.6 Å². The molecule has 184 valence electrons. The van der Waals surface area contributed by atoms with E-state index in [0.29, 0.717) is 5.69 Å². The molecule has 7 nitrogen and oxygen atoms in total. The lowest BCUT2D eigenvalue weighted by atomic mass is 10.1. The quantitative estimate of drug-likeness (QED) is 0.491. The first-order valence-corrected chi connectivity index (χ1v) is 12.8. The number of ether oxygens (including phenoxy) is 1. The van der Waals surface area contributed by atoms with Gasteiger partial charge in [-0.25, -0.2) is 12.8 Å². The Hall–Kier alpha value is -3.27. The van der Waals surface area contributed by atoms with Crippen molar-refractivity contribution < 1.29 is 22.3 Å². The molecule has 9 heteroatoms. The average Bonchev–Trinajstić information content (AvgIpc) is 2.87. The molecular weight excluding hydrogens is 469 g/mol. The number of rotatable bonds is 9. The van der Waals surface area contributed by atoms with Gasteiger partial charge in [0.05, 0.1) is 23.8 Å². The van der Waals surface area contributed by atoms with E-state index in [2.05, 4.69) is 10.2 Å². The van der Waals surface area contributed by atoms with Crippen LogP contribution in [0.15, 0.2) is 83.8 Å². The van der Waals surface area contributed by atoms with Crippen LogP contribution in [0.5, 0.6) is 0 Å². The fraction of sp³-hybridized carbons (Fsp3) is 0.269. The van der Waals surface area contributed by atoms with Gasteiger partial charge in [0.15, 0.2) is 0 Å². The number of para-hydroxylation sites is 1. The van der Waals surface area contributed by atoms with E-state index in [1.54, 1.807) is 30.3 Å².